The Hall–Kier alpha value is -0.340. The van der Waals surface area contributed by atoms with Crippen LogP contribution < -0.4 is 0 Å². The molecule has 0 amide bonds. The van der Waals surface area contributed by atoms with Crippen LogP contribution in [-0.2, 0) is 19.9 Å². The Balaban J connectivity index is 2.20. The first-order chi connectivity index (χ1) is 10.1. The standard InChI is InChI=1S/C13H17Cl2NO4S2/c1-9(2)8-21(17,18)10-6-16(7-10)22(19,20)13-11(14)4-3-5-12(13)15/h3-5,9-10H,6-8H2,1-2H3. The molecule has 1 aliphatic rings. The quantitative estimate of drug-likeness (QED) is 0.779. The van der Waals surface area contributed by atoms with Crippen LogP contribution in [0.2, 0.25) is 10.0 Å². The zero-order valence-corrected chi connectivity index (χ0v) is 15.3. The summed E-state index contributed by atoms with van der Waals surface area (Å²) in [6.45, 7) is 3.51. The zero-order valence-electron chi connectivity index (χ0n) is 12.2. The highest BCUT2D eigenvalue weighted by Gasteiger charge is 2.44. The molecule has 0 unspecified atom stereocenters. The van der Waals surface area contributed by atoms with Gasteiger partial charge in [0.2, 0.25) is 10.0 Å². The van der Waals surface area contributed by atoms with Crippen LogP contribution in [0.25, 0.3) is 0 Å². The molecule has 2 rings (SSSR count). The average molecular weight is 386 g/mol. The highest BCUT2D eigenvalue weighted by molar-refractivity contribution is 7.92. The van der Waals surface area contributed by atoms with E-state index in [2.05, 4.69) is 0 Å². The number of hydrogen-bond donors (Lipinski definition) is 0. The van der Waals surface area contributed by atoms with E-state index in [0.29, 0.717) is 0 Å². The molecule has 9 heteroatoms. The van der Waals surface area contributed by atoms with E-state index in [4.69, 9.17) is 23.2 Å². The van der Waals surface area contributed by atoms with Crippen molar-refractivity contribution in [2.24, 2.45) is 5.92 Å². The molecule has 5 nitrogen and oxygen atoms in total. The average Bonchev–Trinajstić information content (AvgIpc) is 2.22. The van der Waals surface area contributed by atoms with Gasteiger partial charge in [0.25, 0.3) is 0 Å². The topological polar surface area (TPSA) is 71.5 Å². The summed E-state index contributed by atoms with van der Waals surface area (Å²) in [5.74, 6) is 0.0620. The predicted molar refractivity (Wildman–Crippen MR) is 87.6 cm³/mol. The normalized spacial score (nSPS) is 17.7. The van der Waals surface area contributed by atoms with E-state index in [1.807, 2.05) is 13.8 Å². The van der Waals surface area contributed by atoms with Crippen molar-refractivity contribution >= 4 is 43.1 Å². The third-order valence-corrected chi connectivity index (χ3v) is 8.64. The van der Waals surface area contributed by atoms with Crippen LogP contribution in [0.15, 0.2) is 23.1 Å². The van der Waals surface area contributed by atoms with Crippen molar-refractivity contribution in [3.05, 3.63) is 28.2 Å². The SMILES string of the molecule is CC(C)CS(=O)(=O)C1CN(S(=O)(=O)c2c(Cl)cccc2Cl)C1. The summed E-state index contributed by atoms with van der Waals surface area (Å²) in [6.07, 6.45) is 0. The van der Waals surface area contributed by atoms with Crippen LogP contribution in [-0.4, -0.2) is 45.2 Å². The number of sulfonamides is 1. The molecule has 1 fully saturated rings. The first-order valence-corrected chi connectivity index (χ1v) is 10.6. The fourth-order valence-electron chi connectivity index (χ4n) is 2.28. The minimum atomic E-state index is -3.88. The van der Waals surface area contributed by atoms with E-state index in [1.54, 1.807) is 6.07 Å². The monoisotopic (exact) mass is 385 g/mol. The third kappa shape index (κ3) is 3.43. The zero-order chi connectivity index (χ0) is 16.7. The first-order valence-electron chi connectivity index (χ1n) is 6.71. The van der Waals surface area contributed by atoms with Crippen LogP contribution in [0.4, 0.5) is 0 Å². The van der Waals surface area contributed by atoms with Gasteiger partial charge in [-0.1, -0.05) is 43.1 Å². The molecular formula is C13H17Cl2NO4S2. The van der Waals surface area contributed by atoms with Crippen molar-refractivity contribution in [3.63, 3.8) is 0 Å². The predicted octanol–water partition coefficient (Wildman–Crippen LogP) is 2.44. The molecule has 1 aromatic rings. The largest absolute Gasteiger partial charge is 0.246 e. The molecule has 1 aliphatic heterocycles. The van der Waals surface area contributed by atoms with E-state index >= 15 is 0 Å². The fraction of sp³-hybridized carbons (Fsp3) is 0.538. The highest BCUT2D eigenvalue weighted by Crippen LogP contribution is 2.34. The Morgan fingerprint density at radius 2 is 1.64 bits per heavy atom. The van der Waals surface area contributed by atoms with Gasteiger partial charge < -0.3 is 0 Å². The number of nitrogens with zero attached hydrogens (tertiary/aromatic N) is 1. The molecule has 0 aromatic heterocycles. The van der Waals surface area contributed by atoms with E-state index < -0.39 is 25.1 Å². The second kappa shape index (κ2) is 6.28. The molecule has 0 bridgehead atoms. The number of hydrogen-bond acceptors (Lipinski definition) is 4. The molecule has 0 N–H and O–H groups in total. The fourth-order valence-corrected chi connectivity index (χ4v) is 7.11. The molecule has 0 saturated carbocycles. The third-order valence-electron chi connectivity index (χ3n) is 3.40. The maximum atomic E-state index is 12.5. The molecular weight excluding hydrogens is 369 g/mol. The number of sulfone groups is 1. The highest BCUT2D eigenvalue weighted by atomic mass is 35.5. The molecule has 1 aromatic carbocycles. The van der Waals surface area contributed by atoms with Gasteiger partial charge in [0.05, 0.1) is 21.0 Å². The van der Waals surface area contributed by atoms with Gasteiger partial charge >= 0.3 is 0 Å². The van der Waals surface area contributed by atoms with Gasteiger partial charge in [-0.3, -0.25) is 0 Å². The maximum Gasteiger partial charge on any atom is 0.246 e. The van der Waals surface area contributed by atoms with Gasteiger partial charge in [-0.15, -0.1) is 0 Å². The molecule has 0 radical (unpaired) electrons. The Bertz CT molecular complexity index is 749. The van der Waals surface area contributed by atoms with Crippen molar-refractivity contribution in [2.45, 2.75) is 24.0 Å². The lowest BCUT2D eigenvalue weighted by atomic mass is 10.3. The summed E-state index contributed by atoms with van der Waals surface area (Å²) >= 11 is 11.9. The van der Waals surface area contributed by atoms with E-state index in [1.165, 1.54) is 12.1 Å². The van der Waals surface area contributed by atoms with Crippen molar-refractivity contribution < 1.29 is 16.8 Å². The summed E-state index contributed by atoms with van der Waals surface area (Å²) in [5.41, 5.74) is 0. The minimum absolute atomic E-state index is 0.00803. The number of halogens is 2. The second-order valence-corrected chi connectivity index (χ2v) is 10.7. The van der Waals surface area contributed by atoms with E-state index in [-0.39, 0.29) is 39.7 Å². The van der Waals surface area contributed by atoms with Gasteiger partial charge in [0.1, 0.15) is 4.90 Å². The first kappa shape index (κ1) is 18.0. The van der Waals surface area contributed by atoms with Gasteiger partial charge in [-0.25, -0.2) is 16.8 Å². The molecule has 124 valence electrons. The van der Waals surface area contributed by atoms with Gasteiger partial charge in [0.15, 0.2) is 9.84 Å². The van der Waals surface area contributed by atoms with Crippen LogP contribution >= 0.6 is 23.2 Å². The lowest BCUT2D eigenvalue weighted by Gasteiger charge is -2.38. The van der Waals surface area contributed by atoms with E-state index in [9.17, 15) is 16.8 Å². The van der Waals surface area contributed by atoms with Crippen LogP contribution in [0, 0.1) is 5.92 Å². The Kier molecular flexibility index (Phi) is 5.14. The van der Waals surface area contributed by atoms with Crippen molar-refractivity contribution in [1.29, 1.82) is 0 Å². The van der Waals surface area contributed by atoms with Crippen LogP contribution in [0.5, 0.6) is 0 Å². The Morgan fingerprint density at radius 1 is 1.14 bits per heavy atom. The molecule has 1 heterocycles. The molecule has 0 aliphatic carbocycles. The molecule has 0 atom stereocenters. The Morgan fingerprint density at radius 3 is 2.09 bits per heavy atom. The van der Waals surface area contributed by atoms with Crippen molar-refractivity contribution in [1.82, 2.24) is 4.31 Å². The molecule has 0 spiro atoms. The lowest BCUT2D eigenvalue weighted by Crippen LogP contribution is -2.57. The van der Waals surface area contributed by atoms with E-state index in [0.717, 1.165) is 4.31 Å². The van der Waals surface area contributed by atoms with Crippen molar-refractivity contribution in [3.8, 4) is 0 Å². The Labute approximate surface area is 141 Å². The number of benzene rings is 1. The van der Waals surface area contributed by atoms with Gasteiger partial charge in [-0.05, 0) is 18.1 Å². The smallest absolute Gasteiger partial charge is 0.228 e. The molecule has 22 heavy (non-hydrogen) atoms. The van der Waals surface area contributed by atoms with Gasteiger partial charge in [-0.2, -0.15) is 4.31 Å². The summed E-state index contributed by atoms with van der Waals surface area (Å²) in [5, 5.41) is -0.604. The number of rotatable bonds is 5. The summed E-state index contributed by atoms with van der Waals surface area (Å²) in [6, 6.07) is 4.43. The lowest BCUT2D eigenvalue weighted by molar-refractivity contribution is 0.309. The maximum absolute atomic E-state index is 12.5. The van der Waals surface area contributed by atoms with Crippen LogP contribution in [0.1, 0.15) is 13.8 Å². The van der Waals surface area contributed by atoms with Crippen molar-refractivity contribution in [2.75, 3.05) is 18.8 Å². The summed E-state index contributed by atoms with van der Waals surface area (Å²) < 4.78 is 50.3. The second-order valence-electron chi connectivity index (χ2n) is 5.72. The summed E-state index contributed by atoms with van der Waals surface area (Å²) in [7, 11) is -7.17. The molecule has 1 saturated heterocycles. The van der Waals surface area contributed by atoms with Gasteiger partial charge in [0, 0.05) is 13.1 Å². The minimum Gasteiger partial charge on any atom is -0.228 e. The summed E-state index contributed by atoms with van der Waals surface area (Å²) in [4.78, 5) is -0.168. The van der Waals surface area contributed by atoms with Crippen LogP contribution in [0.3, 0.4) is 0 Å².